The zero-order valence-electron chi connectivity index (χ0n) is 19.0. The summed E-state index contributed by atoms with van der Waals surface area (Å²) in [6.07, 6.45) is 11.9. The Hall–Kier alpha value is -0.900. The van der Waals surface area contributed by atoms with Gasteiger partial charge < -0.3 is 20.1 Å². The average Bonchev–Trinajstić information content (AvgIpc) is 2.96. The number of guanidine groups is 1. The van der Waals surface area contributed by atoms with Gasteiger partial charge in [-0.3, -0.25) is 4.99 Å². The van der Waals surface area contributed by atoms with E-state index in [0.717, 1.165) is 50.7 Å². The number of aliphatic imine (C=N–C) groups is 1. The quantitative estimate of drug-likeness (QED) is 0.221. The minimum Gasteiger partial charge on any atom is -0.357 e. The molecule has 30 heavy (non-hydrogen) atoms. The van der Waals surface area contributed by atoms with Crippen molar-refractivity contribution in [3.8, 4) is 0 Å². The summed E-state index contributed by atoms with van der Waals surface area (Å²) in [6.45, 7) is 10.9. The van der Waals surface area contributed by atoms with Crippen LogP contribution in [0.1, 0.15) is 76.9 Å². The van der Waals surface area contributed by atoms with E-state index in [4.69, 9.17) is 4.99 Å². The Labute approximate surface area is 199 Å². The third-order valence-electron chi connectivity index (χ3n) is 6.12. The SMILES string of the molecule is CCCCN1CCC(NC(=NCCCc2nnc3n2CCCCC3)NCC)CC1.I. The summed E-state index contributed by atoms with van der Waals surface area (Å²) in [7, 11) is 0. The first-order valence-electron chi connectivity index (χ1n) is 12.0. The van der Waals surface area contributed by atoms with Crippen molar-refractivity contribution in [3.05, 3.63) is 11.6 Å². The van der Waals surface area contributed by atoms with Gasteiger partial charge in [-0.05, 0) is 52.0 Å². The van der Waals surface area contributed by atoms with E-state index in [9.17, 15) is 0 Å². The third-order valence-corrected chi connectivity index (χ3v) is 6.12. The molecule has 8 heteroatoms. The van der Waals surface area contributed by atoms with E-state index >= 15 is 0 Å². The van der Waals surface area contributed by atoms with Crippen molar-refractivity contribution < 1.29 is 0 Å². The molecule has 172 valence electrons. The Balaban J connectivity index is 0.00000320. The van der Waals surface area contributed by atoms with Crippen molar-refractivity contribution in [2.24, 2.45) is 4.99 Å². The van der Waals surface area contributed by atoms with Gasteiger partial charge in [0.15, 0.2) is 5.96 Å². The van der Waals surface area contributed by atoms with Crippen molar-refractivity contribution in [1.82, 2.24) is 30.3 Å². The standard InChI is InChI=1S/C22H41N7.HI/c1-3-5-15-28-17-12-19(13-18-28)25-22(23-4-2)24-14-9-11-21-27-26-20-10-7-6-8-16-29(20)21;/h19H,3-18H2,1-2H3,(H2,23,24,25);1H. The van der Waals surface area contributed by atoms with Crippen molar-refractivity contribution in [2.75, 3.05) is 32.7 Å². The van der Waals surface area contributed by atoms with Crippen LogP contribution in [0.3, 0.4) is 0 Å². The maximum absolute atomic E-state index is 4.83. The van der Waals surface area contributed by atoms with Crippen molar-refractivity contribution in [1.29, 1.82) is 0 Å². The molecule has 1 saturated heterocycles. The molecular weight excluding hydrogens is 489 g/mol. The van der Waals surface area contributed by atoms with E-state index in [1.165, 1.54) is 70.4 Å². The number of nitrogens with zero attached hydrogens (tertiary/aromatic N) is 5. The zero-order chi connectivity index (χ0) is 20.3. The normalized spacial score (nSPS) is 18.4. The zero-order valence-corrected chi connectivity index (χ0v) is 21.4. The number of fused-ring (bicyclic) bond motifs is 1. The molecule has 0 atom stereocenters. The summed E-state index contributed by atoms with van der Waals surface area (Å²) in [6, 6.07) is 0.540. The van der Waals surface area contributed by atoms with Gasteiger partial charge in [-0.25, -0.2) is 0 Å². The average molecular weight is 532 g/mol. The molecule has 3 rings (SSSR count). The fourth-order valence-corrected chi connectivity index (χ4v) is 4.35. The van der Waals surface area contributed by atoms with E-state index in [0.29, 0.717) is 6.04 Å². The molecule has 7 nitrogen and oxygen atoms in total. The van der Waals surface area contributed by atoms with Crippen molar-refractivity contribution in [3.63, 3.8) is 0 Å². The first-order chi connectivity index (χ1) is 14.3. The van der Waals surface area contributed by atoms with Crippen LogP contribution >= 0.6 is 24.0 Å². The van der Waals surface area contributed by atoms with E-state index in [1.807, 2.05) is 0 Å². The van der Waals surface area contributed by atoms with E-state index < -0.39 is 0 Å². The molecular formula is C22H42IN7. The van der Waals surface area contributed by atoms with Crippen LogP contribution in [0.5, 0.6) is 0 Å². The smallest absolute Gasteiger partial charge is 0.191 e. The highest BCUT2D eigenvalue weighted by Gasteiger charge is 2.19. The number of piperidine rings is 1. The second-order valence-corrected chi connectivity index (χ2v) is 8.47. The molecule has 1 aromatic rings. The van der Waals surface area contributed by atoms with E-state index in [1.54, 1.807) is 0 Å². The van der Waals surface area contributed by atoms with Crippen LogP contribution in [0.4, 0.5) is 0 Å². The molecule has 0 radical (unpaired) electrons. The molecule has 0 unspecified atom stereocenters. The summed E-state index contributed by atoms with van der Waals surface area (Å²) in [4.78, 5) is 7.43. The number of aryl methyl sites for hydroxylation is 2. The van der Waals surface area contributed by atoms with E-state index in [2.05, 4.69) is 44.1 Å². The van der Waals surface area contributed by atoms with Gasteiger partial charge in [0.1, 0.15) is 11.6 Å². The predicted octanol–water partition coefficient (Wildman–Crippen LogP) is 3.37. The lowest BCUT2D eigenvalue weighted by molar-refractivity contribution is 0.203. The molecule has 0 saturated carbocycles. The highest BCUT2D eigenvalue weighted by atomic mass is 127. The molecule has 2 aliphatic heterocycles. The van der Waals surface area contributed by atoms with Crippen LogP contribution in [0.2, 0.25) is 0 Å². The highest BCUT2D eigenvalue weighted by Crippen LogP contribution is 2.15. The van der Waals surface area contributed by atoms with Crippen LogP contribution in [0, 0.1) is 0 Å². The van der Waals surface area contributed by atoms with Gasteiger partial charge in [-0.15, -0.1) is 34.2 Å². The maximum atomic E-state index is 4.83. The Morgan fingerprint density at radius 2 is 1.90 bits per heavy atom. The lowest BCUT2D eigenvalue weighted by atomic mass is 10.0. The van der Waals surface area contributed by atoms with Crippen LogP contribution in [0.15, 0.2) is 4.99 Å². The lowest BCUT2D eigenvalue weighted by Gasteiger charge is -2.33. The first-order valence-corrected chi connectivity index (χ1v) is 12.0. The number of likely N-dealkylation sites (tertiary alicyclic amines) is 1. The minimum atomic E-state index is 0. The molecule has 0 bridgehead atoms. The largest absolute Gasteiger partial charge is 0.357 e. The number of halogens is 1. The van der Waals surface area contributed by atoms with Gasteiger partial charge >= 0.3 is 0 Å². The molecule has 0 aromatic carbocycles. The molecule has 2 aliphatic rings. The topological polar surface area (TPSA) is 70.4 Å². The minimum absolute atomic E-state index is 0. The van der Waals surface area contributed by atoms with Crippen LogP contribution in [-0.2, 0) is 19.4 Å². The number of hydrogen-bond donors (Lipinski definition) is 2. The molecule has 2 N–H and O–H groups in total. The monoisotopic (exact) mass is 531 g/mol. The number of nitrogens with one attached hydrogen (secondary N) is 2. The van der Waals surface area contributed by atoms with Gasteiger partial charge in [-0.2, -0.15) is 0 Å². The molecule has 3 heterocycles. The van der Waals surface area contributed by atoms with Crippen LogP contribution < -0.4 is 10.6 Å². The van der Waals surface area contributed by atoms with Crippen LogP contribution in [0.25, 0.3) is 0 Å². The second kappa shape index (κ2) is 14.2. The molecule has 1 aromatic heterocycles. The van der Waals surface area contributed by atoms with Crippen molar-refractivity contribution >= 4 is 29.9 Å². The first kappa shape index (κ1) is 25.4. The lowest BCUT2D eigenvalue weighted by Crippen LogP contribution is -2.48. The van der Waals surface area contributed by atoms with Gasteiger partial charge in [0.2, 0.25) is 0 Å². The van der Waals surface area contributed by atoms with Gasteiger partial charge in [0, 0.05) is 51.6 Å². The number of aromatic nitrogens is 3. The second-order valence-electron chi connectivity index (χ2n) is 8.47. The fraction of sp³-hybridized carbons (Fsp3) is 0.864. The Kier molecular flexibility index (Phi) is 12.0. The highest BCUT2D eigenvalue weighted by molar-refractivity contribution is 14.0. The maximum Gasteiger partial charge on any atom is 0.191 e. The number of unbranched alkanes of at least 4 members (excludes halogenated alkanes) is 1. The summed E-state index contributed by atoms with van der Waals surface area (Å²) < 4.78 is 2.35. The summed E-state index contributed by atoms with van der Waals surface area (Å²) in [5, 5.41) is 15.9. The molecule has 0 amide bonds. The summed E-state index contributed by atoms with van der Waals surface area (Å²) >= 11 is 0. The van der Waals surface area contributed by atoms with Crippen molar-refractivity contribution in [2.45, 2.75) is 90.6 Å². The number of rotatable bonds is 9. The number of hydrogen-bond acceptors (Lipinski definition) is 4. The van der Waals surface area contributed by atoms with Gasteiger partial charge in [-0.1, -0.05) is 19.8 Å². The third kappa shape index (κ3) is 7.98. The Bertz CT molecular complexity index is 623. The Morgan fingerprint density at radius 3 is 2.67 bits per heavy atom. The fourth-order valence-electron chi connectivity index (χ4n) is 4.35. The van der Waals surface area contributed by atoms with Gasteiger partial charge in [0.25, 0.3) is 0 Å². The molecule has 1 fully saturated rings. The summed E-state index contributed by atoms with van der Waals surface area (Å²) in [5.41, 5.74) is 0. The molecule has 0 spiro atoms. The van der Waals surface area contributed by atoms with Crippen LogP contribution in [-0.4, -0.2) is 64.4 Å². The summed E-state index contributed by atoms with van der Waals surface area (Å²) in [5.74, 6) is 3.30. The van der Waals surface area contributed by atoms with E-state index in [-0.39, 0.29) is 24.0 Å². The predicted molar refractivity (Wildman–Crippen MR) is 135 cm³/mol. The molecule has 0 aliphatic carbocycles. The van der Waals surface area contributed by atoms with Gasteiger partial charge in [0.05, 0.1) is 0 Å². The Morgan fingerprint density at radius 1 is 1.07 bits per heavy atom.